The minimum Gasteiger partial charge on any atom is -0.497 e. The van der Waals surface area contributed by atoms with Crippen LogP contribution in [0, 0.1) is 5.92 Å². The quantitative estimate of drug-likeness (QED) is 0.868. The summed E-state index contributed by atoms with van der Waals surface area (Å²) in [6, 6.07) is 6.45. The standard InChI is InChI=1S/C19H27NO2/c1-19(2)12-14(8-9-20-18(21)10-13-4-5-13)16-11-15(22-3)6-7-17(16)19/h6-7,11,13-14H,4-5,8-10,12H2,1-3H3,(H,20,21). The van der Waals surface area contributed by atoms with Crippen molar-refractivity contribution in [3.05, 3.63) is 29.3 Å². The van der Waals surface area contributed by atoms with E-state index in [1.807, 2.05) is 0 Å². The van der Waals surface area contributed by atoms with Gasteiger partial charge in [0.05, 0.1) is 7.11 Å². The number of hydrogen-bond donors (Lipinski definition) is 1. The van der Waals surface area contributed by atoms with Gasteiger partial charge in [-0.2, -0.15) is 0 Å². The van der Waals surface area contributed by atoms with Crippen LogP contribution in [0.3, 0.4) is 0 Å². The summed E-state index contributed by atoms with van der Waals surface area (Å²) >= 11 is 0. The summed E-state index contributed by atoms with van der Waals surface area (Å²) in [5.74, 6) is 2.33. The molecule has 3 rings (SSSR count). The van der Waals surface area contributed by atoms with Crippen LogP contribution in [0.5, 0.6) is 5.75 Å². The zero-order chi connectivity index (χ0) is 15.7. The Kier molecular flexibility index (Phi) is 4.16. The molecule has 3 nitrogen and oxygen atoms in total. The lowest BCUT2D eigenvalue weighted by molar-refractivity contribution is -0.121. The molecular weight excluding hydrogens is 274 g/mol. The molecule has 0 heterocycles. The van der Waals surface area contributed by atoms with E-state index in [0.717, 1.165) is 31.6 Å². The number of ether oxygens (including phenoxy) is 1. The zero-order valence-corrected chi connectivity index (χ0v) is 13.9. The predicted molar refractivity (Wildman–Crippen MR) is 88.3 cm³/mol. The van der Waals surface area contributed by atoms with Gasteiger partial charge in [0.25, 0.3) is 0 Å². The van der Waals surface area contributed by atoms with Gasteiger partial charge >= 0.3 is 0 Å². The van der Waals surface area contributed by atoms with Crippen LogP contribution < -0.4 is 10.1 Å². The molecule has 0 saturated heterocycles. The minimum absolute atomic E-state index is 0.213. The molecule has 1 aromatic rings. The Morgan fingerprint density at radius 3 is 2.82 bits per heavy atom. The molecule has 0 aromatic heterocycles. The number of hydrogen-bond acceptors (Lipinski definition) is 2. The molecule has 120 valence electrons. The fourth-order valence-corrected chi connectivity index (χ4v) is 3.76. The molecule has 1 saturated carbocycles. The Labute approximate surface area is 133 Å². The zero-order valence-electron chi connectivity index (χ0n) is 13.9. The van der Waals surface area contributed by atoms with Crippen molar-refractivity contribution < 1.29 is 9.53 Å². The molecular formula is C19H27NO2. The van der Waals surface area contributed by atoms with E-state index >= 15 is 0 Å². The average Bonchev–Trinajstić information content (AvgIpc) is 3.25. The Hall–Kier alpha value is -1.51. The van der Waals surface area contributed by atoms with Crippen LogP contribution in [-0.4, -0.2) is 19.6 Å². The van der Waals surface area contributed by atoms with Gasteiger partial charge in [0.1, 0.15) is 5.75 Å². The summed E-state index contributed by atoms with van der Waals surface area (Å²) in [5, 5.41) is 3.10. The molecule has 0 radical (unpaired) electrons. The van der Waals surface area contributed by atoms with E-state index < -0.39 is 0 Å². The monoisotopic (exact) mass is 301 g/mol. The molecule has 3 heteroatoms. The van der Waals surface area contributed by atoms with Crippen LogP contribution in [0.2, 0.25) is 0 Å². The second-order valence-electron chi connectivity index (χ2n) is 7.52. The number of benzene rings is 1. The van der Waals surface area contributed by atoms with E-state index in [1.165, 1.54) is 24.0 Å². The molecule has 1 amide bonds. The molecule has 0 spiro atoms. The Morgan fingerprint density at radius 2 is 2.14 bits per heavy atom. The first kappa shape index (κ1) is 15.4. The predicted octanol–water partition coefficient (Wildman–Crippen LogP) is 3.77. The van der Waals surface area contributed by atoms with E-state index in [-0.39, 0.29) is 11.3 Å². The molecule has 2 aliphatic carbocycles. The highest BCUT2D eigenvalue weighted by Crippen LogP contribution is 2.48. The fourth-order valence-electron chi connectivity index (χ4n) is 3.76. The number of nitrogens with one attached hydrogen (secondary N) is 1. The minimum atomic E-state index is 0.213. The SMILES string of the molecule is COc1ccc2c(c1)C(CCNC(=O)CC1CC1)CC2(C)C. The third-order valence-electron chi connectivity index (χ3n) is 5.17. The highest BCUT2D eigenvalue weighted by Gasteiger charge is 2.36. The van der Waals surface area contributed by atoms with Crippen LogP contribution >= 0.6 is 0 Å². The van der Waals surface area contributed by atoms with E-state index in [4.69, 9.17) is 4.74 Å². The molecule has 2 aliphatic rings. The third-order valence-corrected chi connectivity index (χ3v) is 5.17. The van der Waals surface area contributed by atoms with Gasteiger partial charge in [-0.1, -0.05) is 19.9 Å². The maximum absolute atomic E-state index is 11.8. The van der Waals surface area contributed by atoms with Crippen molar-refractivity contribution in [2.24, 2.45) is 5.92 Å². The van der Waals surface area contributed by atoms with Gasteiger partial charge in [-0.15, -0.1) is 0 Å². The lowest BCUT2D eigenvalue weighted by Gasteiger charge is -2.19. The maximum Gasteiger partial charge on any atom is 0.220 e. The van der Waals surface area contributed by atoms with Gasteiger partial charge < -0.3 is 10.1 Å². The molecule has 22 heavy (non-hydrogen) atoms. The number of fused-ring (bicyclic) bond motifs is 1. The van der Waals surface area contributed by atoms with Crippen LogP contribution in [0.25, 0.3) is 0 Å². The van der Waals surface area contributed by atoms with Gasteiger partial charge in [-0.05, 0) is 66.2 Å². The Morgan fingerprint density at radius 1 is 1.36 bits per heavy atom. The molecule has 0 bridgehead atoms. The van der Waals surface area contributed by atoms with Crippen molar-refractivity contribution in [3.63, 3.8) is 0 Å². The molecule has 1 N–H and O–H groups in total. The van der Waals surface area contributed by atoms with Crippen molar-refractivity contribution in [2.45, 2.75) is 57.3 Å². The smallest absolute Gasteiger partial charge is 0.220 e. The first-order valence-corrected chi connectivity index (χ1v) is 8.45. The molecule has 1 unspecified atom stereocenters. The van der Waals surface area contributed by atoms with Crippen LogP contribution in [0.15, 0.2) is 18.2 Å². The molecule has 1 fully saturated rings. The summed E-state index contributed by atoms with van der Waals surface area (Å²) < 4.78 is 5.38. The van der Waals surface area contributed by atoms with Crippen molar-refractivity contribution >= 4 is 5.91 Å². The number of rotatable bonds is 6. The number of methoxy groups -OCH3 is 1. The Balaban J connectivity index is 1.61. The fraction of sp³-hybridized carbons (Fsp3) is 0.632. The van der Waals surface area contributed by atoms with Crippen molar-refractivity contribution in [3.8, 4) is 5.75 Å². The normalized spacial score (nSPS) is 22.2. The number of carbonyl (C=O) groups is 1. The van der Waals surface area contributed by atoms with E-state index in [2.05, 4.69) is 37.4 Å². The first-order chi connectivity index (χ1) is 10.5. The van der Waals surface area contributed by atoms with E-state index in [0.29, 0.717) is 11.8 Å². The highest BCUT2D eigenvalue weighted by molar-refractivity contribution is 5.76. The van der Waals surface area contributed by atoms with Gasteiger partial charge in [-0.3, -0.25) is 4.79 Å². The lowest BCUT2D eigenvalue weighted by atomic mass is 9.86. The van der Waals surface area contributed by atoms with Crippen molar-refractivity contribution in [1.82, 2.24) is 5.32 Å². The second kappa shape index (κ2) is 5.94. The van der Waals surface area contributed by atoms with E-state index in [1.54, 1.807) is 7.11 Å². The molecule has 1 aromatic carbocycles. The lowest BCUT2D eigenvalue weighted by Crippen LogP contribution is -2.25. The number of carbonyl (C=O) groups excluding carboxylic acids is 1. The van der Waals surface area contributed by atoms with E-state index in [9.17, 15) is 4.79 Å². The second-order valence-corrected chi connectivity index (χ2v) is 7.52. The van der Waals surface area contributed by atoms with Crippen LogP contribution in [-0.2, 0) is 10.2 Å². The van der Waals surface area contributed by atoms with Gasteiger partial charge in [0.2, 0.25) is 5.91 Å². The topological polar surface area (TPSA) is 38.3 Å². The Bertz CT molecular complexity index is 561. The van der Waals surface area contributed by atoms with Gasteiger partial charge in [0.15, 0.2) is 0 Å². The summed E-state index contributed by atoms with van der Waals surface area (Å²) in [7, 11) is 1.72. The highest BCUT2D eigenvalue weighted by atomic mass is 16.5. The first-order valence-electron chi connectivity index (χ1n) is 8.45. The van der Waals surface area contributed by atoms with Crippen LogP contribution in [0.4, 0.5) is 0 Å². The summed E-state index contributed by atoms with van der Waals surface area (Å²) in [6.07, 6.45) is 5.35. The van der Waals surface area contributed by atoms with Crippen LogP contribution in [0.1, 0.15) is 63.0 Å². The number of amides is 1. The maximum atomic E-state index is 11.8. The third kappa shape index (κ3) is 3.29. The average molecular weight is 301 g/mol. The molecule has 1 atom stereocenters. The van der Waals surface area contributed by atoms with Crippen molar-refractivity contribution in [2.75, 3.05) is 13.7 Å². The summed E-state index contributed by atoms with van der Waals surface area (Å²) in [4.78, 5) is 11.8. The summed E-state index contributed by atoms with van der Waals surface area (Å²) in [6.45, 7) is 5.40. The van der Waals surface area contributed by atoms with Gasteiger partial charge in [-0.25, -0.2) is 0 Å². The largest absolute Gasteiger partial charge is 0.497 e. The molecule has 0 aliphatic heterocycles. The van der Waals surface area contributed by atoms with Crippen molar-refractivity contribution in [1.29, 1.82) is 0 Å². The summed E-state index contributed by atoms with van der Waals surface area (Å²) in [5.41, 5.74) is 3.05. The van der Waals surface area contributed by atoms with Gasteiger partial charge in [0, 0.05) is 13.0 Å².